The van der Waals surface area contributed by atoms with Gasteiger partial charge in [-0.25, -0.2) is 4.98 Å². The smallest absolute Gasteiger partial charge is 0.239 e. The molecule has 0 spiro atoms. The van der Waals surface area contributed by atoms with Crippen molar-refractivity contribution in [1.82, 2.24) is 9.88 Å². The second-order valence-electron chi connectivity index (χ2n) is 7.66. The SMILES string of the molecule is CCOc1ccc2nc(N(CCN3CCOCC3)C(=O)CSc3ccc(C)cc3)sc2c1. The average molecular weight is 472 g/mol. The van der Waals surface area contributed by atoms with Gasteiger partial charge in [-0.3, -0.25) is 14.6 Å². The van der Waals surface area contributed by atoms with Crippen LogP contribution in [-0.4, -0.2) is 67.5 Å². The molecule has 0 bridgehead atoms. The lowest BCUT2D eigenvalue weighted by atomic mass is 10.2. The van der Waals surface area contributed by atoms with Crippen molar-refractivity contribution in [2.75, 3.05) is 56.7 Å². The minimum Gasteiger partial charge on any atom is -0.494 e. The van der Waals surface area contributed by atoms with Crippen molar-refractivity contribution in [2.45, 2.75) is 18.7 Å². The molecule has 0 unspecified atom stereocenters. The normalized spacial score (nSPS) is 14.6. The number of ether oxygens (including phenoxy) is 2. The first-order chi connectivity index (χ1) is 15.6. The molecule has 1 fully saturated rings. The number of morpholine rings is 1. The fourth-order valence-electron chi connectivity index (χ4n) is 3.52. The number of aryl methyl sites for hydroxylation is 1. The highest BCUT2D eigenvalue weighted by molar-refractivity contribution is 8.00. The first-order valence-corrected chi connectivity index (χ1v) is 12.8. The van der Waals surface area contributed by atoms with Gasteiger partial charge in [0.1, 0.15) is 5.75 Å². The van der Waals surface area contributed by atoms with Gasteiger partial charge in [-0.1, -0.05) is 29.0 Å². The summed E-state index contributed by atoms with van der Waals surface area (Å²) in [5, 5.41) is 0.747. The Morgan fingerprint density at radius 3 is 2.75 bits per heavy atom. The van der Waals surface area contributed by atoms with E-state index in [0.29, 0.717) is 18.9 Å². The Bertz CT molecular complexity index is 1030. The number of benzene rings is 2. The Balaban J connectivity index is 1.51. The summed E-state index contributed by atoms with van der Waals surface area (Å²) in [5.41, 5.74) is 2.11. The quantitative estimate of drug-likeness (QED) is 0.430. The van der Waals surface area contributed by atoms with Crippen LogP contribution in [0.5, 0.6) is 5.75 Å². The lowest BCUT2D eigenvalue weighted by molar-refractivity contribution is -0.116. The molecule has 32 heavy (non-hydrogen) atoms. The molecule has 1 aliphatic rings. The second-order valence-corrected chi connectivity index (χ2v) is 9.72. The van der Waals surface area contributed by atoms with Gasteiger partial charge in [0.25, 0.3) is 0 Å². The third-order valence-electron chi connectivity index (χ3n) is 5.32. The first-order valence-electron chi connectivity index (χ1n) is 11.0. The van der Waals surface area contributed by atoms with Gasteiger partial charge in [0.15, 0.2) is 5.13 Å². The lowest BCUT2D eigenvalue weighted by Crippen LogP contribution is -2.43. The molecule has 170 valence electrons. The number of thiazole rings is 1. The number of hydrogen-bond acceptors (Lipinski definition) is 7. The third-order valence-corrected chi connectivity index (χ3v) is 7.36. The van der Waals surface area contributed by atoms with Crippen LogP contribution in [0.1, 0.15) is 12.5 Å². The summed E-state index contributed by atoms with van der Waals surface area (Å²) in [4.78, 5) is 23.4. The van der Waals surface area contributed by atoms with Crippen LogP contribution in [0, 0.1) is 6.92 Å². The molecule has 3 aromatic rings. The number of thioether (sulfide) groups is 1. The molecule has 0 atom stereocenters. The molecule has 2 heterocycles. The minimum atomic E-state index is 0.0768. The van der Waals surface area contributed by atoms with Crippen LogP contribution in [0.15, 0.2) is 47.4 Å². The first kappa shape index (κ1) is 23.0. The fraction of sp³-hybridized carbons (Fsp3) is 0.417. The molecule has 1 amide bonds. The summed E-state index contributed by atoms with van der Waals surface area (Å²) >= 11 is 3.12. The molecule has 4 rings (SSSR count). The van der Waals surface area contributed by atoms with Crippen molar-refractivity contribution in [2.24, 2.45) is 0 Å². The number of hydrogen-bond donors (Lipinski definition) is 0. The second kappa shape index (κ2) is 11.1. The zero-order valence-electron chi connectivity index (χ0n) is 18.6. The van der Waals surface area contributed by atoms with Crippen LogP contribution < -0.4 is 9.64 Å². The standard InChI is InChI=1S/C24H29N3O3S2/c1-3-30-19-6-9-21-22(16-19)32-24(25-21)27(11-10-26-12-14-29-15-13-26)23(28)17-31-20-7-4-18(2)5-8-20/h4-9,16H,3,10-15,17H2,1-2H3. The van der Waals surface area contributed by atoms with Crippen LogP contribution in [0.25, 0.3) is 10.2 Å². The fourth-order valence-corrected chi connectivity index (χ4v) is 5.33. The molecule has 2 aromatic carbocycles. The van der Waals surface area contributed by atoms with Gasteiger partial charge >= 0.3 is 0 Å². The van der Waals surface area contributed by atoms with E-state index in [2.05, 4.69) is 36.1 Å². The number of rotatable bonds is 9. The number of aromatic nitrogens is 1. The van der Waals surface area contributed by atoms with Crippen molar-refractivity contribution >= 4 is 44.4 Å². The third kappa shape index (κ3) is 6.01. The summed E-state index contributed by atoms with van der Waals surface area (Å²) in [6.45, 7) is 9.39. The van der Waals surface area contributed by atoms with Crippen LogP contribution in [0.3, 0.4) is 0 Å². The van der Waals surface area contributed by atoms with E-state index < -0.39 is 0 Å². The Morgan fingerprint density at radius 1 is 1.22 bits per heavy atom. The maximum absolute atomic E-state index is 13.3. The van der Waals surface area contributed by atoms with Crippen LogP contribution in [0.2, 0.25) is 0 Å². The highest BCUT2D eigenvalue weighted by Crippen LogP contribution is 2.32. The summed E-state index contributed by atoms with van der Waals surface area (Å²) in [5.74, 6) is 1.29. The molecule has 0 saturated carbocycles. The van der Waals surface area contributed by atoms with E-state index in [1.165, 1.54) is 5.56 Å². The van der Waals surface area contributed by atoms with Crippen molar-refractivity contribution in [3.63, 3.8) is 0 Å². The summed E-state index contributed by atoms with van der Waals surface area (Å²) in [7, 11) is 0. The summed E-state index contributed by atoms with van der Waals surface area (Å²) in [6.07, 6.45) is 0. The number of nitrogens with zero attached hydrogens (tertiary/aromatic N) is 3. The molecule has 0 N–H and O–H groups in total. The van der Waals surface area contributed by atoms with Crippen LogP contribution in [-0.2, 0) is 9.53 Å². The average Bonchev–Trinajstić information content (AvgIpc) is 3.23. The molecule has 1 aromatic heterocycles. The predicted octanol–water partition coefficient (Wildman–Crippen LogP) is 4.46. The van der Waals surface area contributed by atoms with E-state index in [-0.39, 0.29) is 5.91 Å². The van der Waals surface area contributed by atoms with Crippen molar-refractivity contribution in [1.29, 1.82) is 0 Å². The van der Waals surface area contributed by atoms with E-state index in [1.807, 2.05) is 30.0 Å². The molecule has 1 aliphatic heterocycles. The zero-order valence-corrected chi connectivity index (χ0v) is 20.2. The summed E-state index contributed by atoms with van der Waals surface area (Å²) in [6, 6.07) is 14.2. The summed E-state index contributed by atoms with van der Waals surface area (Å²) < 4.78 is 12.1. The van der Waals surface area contributed by atoms with Gasteiger partial charge < -0.3 is 9.47 Å². The highest BCUT2D eigenvalue weighted by atomic mass is 32.2. The largest absolute Gasteiger partial charge is 0.494 e. The predicted molar refractivity (Wildman–Crippen MR) is 132 cm³/mol. The van der Waals surface area contributed by atoms with E-state index >= 15 is 0 Å². The van der Waals surface area contributed by atoms with Crippen molar-refractivity contribution in [3.05, 3.63) is 48.0 Å². The van der Waals surface area contributed by atoms with Crippen molar-refractivity contribution in [3.8, 4) is 5.75 Å². The number of fused-ring (bicyclic) bond motifs is 1. The molecule has 1 saturated heterocycles. The van der Waals surface area contributed by atoms with Crippen LogP contribution in [0.4, 0.5) is 5.13 Å². The molecule has 8 heteroatoms. The van der Waals surface area contributed by atoms with Gasteiger partial charge in [0, 0.05) is 31.1 Å². The number of anilines is 1. The van der Waals surface area contributed by atoms with E-state index in [4.69, 9.17) is 14.5 Å². The van der Waals surface area contributed by atoms with Gasteiger partial charge in [-0.15, -0.1) is 11.8 Å². The van der Waals surface area contributed by atoms with E-state index in [1.54, 1.807) is 23.1 Å². The Labute approximate surface area is 197 Å². The van der Waals surface area contributed by atoms with Gasteiger partial charge in [-0.2, -0.15) is 0 Å². The van der Waals surface area contributed by atoms with E-state index in [9.17, 15) is 4.79 Å². The molecule has 6 nitrogen and oxygen atoms in total. The Morgan fingerprint density at radius 2 is 2.00 bits per heavy atom. The number of carbonyl (C=O) groups excluding carboxylic acids is 1. The number of amides is 1. The maximum Gasteiger partial charge on any atom is 0.239 e. The molecule has 0 aliphatic carbocycles. The van der Waals surface area contributed by atoms with E-state index in [0.717, 1.165) is 58.8 Å². The minimum absolute atomic E-state index is 0.0768. The van der Waals surface area contributed by atoms with Crippen molar-refractivity contribution < 1.29 is 14.3 Å². The van der Waals surface area contributed by atoms with Gasteiger partial charge in [-0.05, 0) is 44.2 Å². The zero-order chi connectivity index (χ0) is 22.3. The molecular weight excluding hydrogens is 442 g/mol. The topological polar surface area (TPSA) is 54.9 Å². The van der Waals surface area contributed by atoms with Gasteiger partial charge in [0.05, 0.1) is 35.8 Å². The molecular formula is C24H29N3O3S2. The lowest BCUT2D eigenvalue weighted by Gasteiger charge is -2.29. The maximum atomic E-state index is 13.3. The van der Waals surface area contributed by atoms with Gasteiger partial charge in [0.2, 0.25) is 5.91 Å². The van der Waals surface area contributed by atoms with Crippen LogP contribution >= 0.6 is 23.1 Å². The Hall–Kier alpha value is -2.13. The number of carbonyl (C=O) groups is 1. The molecule has 0 radical (unpaired) electrons. The monoisotopic (exact) mass is 471 g/mol. The highest BCUT2D eigenvalue weighted by Gasteiger charge is 2.22. The Kier molecular flexibility index (Phi) is 8.02.